The summed E-state index contributed by atoms with van der Waals surface area (Å²) in [4.78, 5) is 0. The third kappa shape index (κ3) is 2.54. The van der Waals surface area contributed by atoms with Crippen LogP contribution in [0.4, 0.5) is 0 Å². The van der Waals surface area contributed by atoms with Crippen molar-refractivity contribution in [2.75, 3.05) is 7.11 Å². The van der Waals surface area contributed by atoms with Gasteiger partial charge in [0, 0.05) is 22.6 Å². The molecule has 3 heteroatoms. The van der Waals surface area contributed by atoms with Crippen LogP contribution in [0.5, 0.6) is 0 Å². The molecule has 0 saturated heterocycles. The molecule has 0 radical (unpaired) electrons. The second-order valence-corrected chi connectivity index (χ2v) is 8.13. The minimum Gasteiger partial charge on any atom is -0.364 e. The molecule has 1 aliphatic rings. The smallest absolute Gasteiger partial charge is 0.181 e. The van der Waals surface area contributed by atoms with Gasteiger partial charge >= 0.3 is 0 Å². The highest BCUT2D eigenvalue weighted by atomic mass is 79.9. The lowest BCUT2D eigenvalue weighted by Gasteiger charge is -2.26. The van der Waals surface area contributed by atoms with E-state index in [1.807, 2.05) is 12.1 Å². The summed E-state index contributed by atoms with van der Waals surface area (Å²) < 4.78 is 6.14. The number of benzene rings is 3. The molecule has 0 amide bonds. The number of hydrogen-bond donors (Lipinski definition) is 1. The first kappa shape index (κ1) is 17.5. The number of halogens is 1. The van der Waals surface area contributed by atoms with Crippen LogP contribution in [-0.2, 0) is 10.2 Å². The molecule has 4 rings (SSSR count). The lowest BCUT2D eigenvalue weighted by Crippen LogP contribution is -2.16. The highest BCUT2D eigenvalue weighted by Crippen LogP contribution is 2.52. The van der Waals surface area contributed by atoms with Gasteiger partial charge in [-0.1, -0.05) is 78.3 Å². The molecule has 1 atom stereocenters. The molecule has 3 aromatic carbocycles. The monoisotopic (exact) mass is 408 g/mol. The van der Waals surface area contributed by atoms with E-state index in [0.29, 0.717) is 0 Å². The molecular weight excluding hydrogens is 388 g/mol. The zero-order chi connectivity index (χ0) is 18.5. The molecule has 0 spiro atoms. The van der Waals surface area contributed by atoms with Gasteiger partial charge in [0.1, 0.15) is 0 Å². The largest absolute Gasteiger partial charge is 0.364 e. The Kier molecular flexibility index (Phi) is 4.26. The minimum atomic E-state index is -0.967. The van der Waals surface area contributed by atoms with E-state index >= 15 is 0 Å². The summed E-state index contributed by atoms with van der Waals surface area (Å²) in [6.07, 6.45) is -0.967. The quantitative estimate of drug-likeness (QED) is 0.533. The first-order valence-corrected chi connectivity index (χ1v) is 9.48. The van der Waals surface area contributed by atoms with Crippen LogP contribution in [0.2, 0.25) is 0 Å². The highest BCUT2D eigenvalue weighted by molar-refractivity contribution is 9.10. The molecular formula is C23H21BrO2. The van der Waals surface area contributed by atoms with Crippen LogP contribution in [-0.4, -0.2) is 12.2 Å². The van der Waals surface area contributed by atoms with E-state index in [4.69, 9.17) is 4.74 Å². The molecule has 0 fully saturated rings. The predicted octanol–water partition coefficient (Wildman–Crippen LogP) is 6.06. The van der Waals surface area contributed by atoms with Crippen molar-refractivity contribution >= 4 is 15.9 Å². The molecule has 0 aromatic heterocycles. The first-order valence-electron chi connectivity index (χ1n) is 8.69. The van der Waals surface area contributed by atoms with Gasteiger partial charge in [-0.3, -0.25) is 0 Å². The van der Waals surface area contributed by atoms with Crippen molar-refractivity contribution in [3.63, 3.8) is 0 Å². The number of hydrogen-bond acceptors (Lipinski definition) is 2. The fourth-order valence-corrected chi connectivity index (χ4v) is 4.56. The summed E-state index contributed by atoms with van der Waals surface area (Å²) in [7, 11) is 1.52. The lowest BCUT2D eigenvalue weighted by molar-refractivity contribution is -0.0765. The molecule has 1 unspecified atom stereocenters. The van der Waals surface area contributed by atoms with Crippen molar-refractivity contribution < 1.29 is 9.84 Å². The molecule has 0 aliphatic heterocycles. The summed E-state index contributed by atoms with van der Waals surface area (Å²) in [6.45, 7) is 4.54. The van der Waals surface area contributed by atoms with E-state index < -0.39 is 6.29 Å². The lowest BCUT2D eigenvalue weighted by atomic mass is 9.78. The number of aliphatic hydroxyl groups is 1. The minimum absolute atomic E-state index is 0.106. The summed E-state index contributed by atoms with van der Waals surface area (Å²) in [5, 5.41) is 10.4. The summed E-state index contributed by atoms with van der Waals surface area (Å²) >= 11 is 3.51. The van der Waals surface area contributed by atoms with Crippen LogP contribution >= 0.6 is 15.9 Å². The summed E-state index contributed by atoms with van der Waals surface area (Å²) in [5.41, 5.74) is 8.00. The molecule has 1 N–H and O–H groups in total. The zero-order valence-electron chi connectivity index (χ0n) is 15.1. The van der Waals surface area contributed by atoms with Gasteiger partial charge in [-0.25, -0.2) is 0 Å². The fourth-order valence-electron chi connectivity index (χ4n) is 4.18. The molecule has 26 heavy (non-hydrogen) atoms. The zero-order valence-corrected chi connectivity index (χ0v) is 16.7. The normalized spacial score (nSPS) is 15.4. The third-order valence-corrected chi connectivity index (χ3v) is 5.87. The van der Waals surface area contributed by atoms with Crippen LogP contribution in [0.1, 0.15) is 36.8 Å². The van der Waals surface area contributed by atoms with E-state index in [2.05, 4.69) is 78.3 Å². The molecule has 3 aromatic rings. The van der Waals surface area contributed by atoms with Gasteiger partial charge in [-0.2, -0.15) is 0 Å². The van der Waals surface area contributed by atoms with Crippen LogP contribution in [0.3, 0.4) is 0 Å². The van der Waals surface area contributed by atoms with Crippen LogP contribution < -0.4 is 0 Å². The van der Waals surface area contributed by atoms with Crippen LogP contribution in [0.15, 0.2) is 65.1 Å². The SMILES string of the molecule is COC(O)c1cc(Br)ccc1-c1cccc2c1C(C)(C)c1ccccc1-2. The van der Waals surface area contributed by atoms with Gasteiger partial charge in [0.05, 0.1) is 0 Å². The maximum absolute atomic E-state index is 10.4. The van der Waals surface area contributed by atoms with Crippen molar-refractivity contribution in [1.29, 1.82) is 0 Å². The van der Waals surface area contributed by atoms with E-state index in [-0.39, 0.29) is 5.41 Å². The summed E-state index contributed by atoms with van der Waals surface area (Å²) in [5.74, 6) is 0. The van der Waals surface area contributed by atoms with Crippen molar-refractivity contribution in [2.24, 2.45) is 0 Å². The van der Waals surface area contributed by atoms with Gasteiger partial charge in [0.15, 0.2) is 6.29 Å². The average Bonchev–Trinajstić information content (AvgIpc) is 2.89. The molecule has 132 valence electrons. The fraction of sp³-hybridized carbons (Fsp3) is 0.217. The van der Waals surface area contributed by atoms with Gasteiger partial charge in [0.25, 0.3) is 0 Å². The number of fused-ring (bicyclic) bond motifs is 3. The number of methoxy groups -OCH3 is 1. The highest BCUT2D eigenvalue weighted by Gasteiger charge is 2.37. The number of ether oxygens (including phenoxy) is 1. The van der Waals surface area contributed by atoms with Crippen LogP contribution in [0, 0.1) is 0 Å². The second-order valence-electron chi connectivity index (χ2n) is 7.22. The first-order chi connectivity index (χ1) is 12.4. The Morgan fingerprint density at radius 1 is 0.885 bits per heavy atom. The molecule has 2 nitrogen and oxygen atoms in total. The average molecular weight is 409 g/mol. The maximum atomic E-state index is 10.4. The Hall–Kier alpha value is -1.94. The Balaban J connectivity index is 2.02. The Morgan fingerprint density at radius 3 is 2.27 bits per heavy atom. The van der Waals surface area contributed by atoms with Gasteiger partial charge in [0.2, 0.25) is 0 Å². The molecule has 0 bridgehead atoms. The Labute approximate surface area is 162 Å². The predicted molar refractivity (Wildman–Crippen MR) is 109 cm³/mol. The second kappa shape index (κ2) is 6.34. The molecule has 1 aliphatic carbocycles. The standard InChI is InChI=1S/C23H21BrO2/c1-23(2)20-10-5-4-7-16(20)18-9-6-8-17(21(18)23)15-12-11-14(24)13-19(15)22(25)26-3/h4-13,22,25H,1-3H3. The Morgan fingerprint density at radius 2 is 1.54 bits per heavy atom. The third-order valence-electron chi connectivity index (χ3n) is 5.37. The van der Waals surface area contributed by atoms with Gasteiger partial charge in [-0.15, -0.1) is 0 Å². The molecule has 0 heterocycles. The number of aliphatic hydroxyl groups excluding tert-OH is 1. The topological polar surface area (TPSA) is 29.5 Å². The van der Waals surface area contributed by atoms with E-state index in [0.717, 1.165) is 21.2 Å². The van der Waals surface area contributed by atoms with Gasteiger partial charge in [-0.05, 0) is 45.5 Å². The van der Waals surface area contributed by atoms with Crippen molar-refractivity contribution in [3.05, 3.63) is 81.8 Å². The maximum Gasteiger partial charge on any atom is 0.181 e. The van der Waals surface area contributed by atoms with Crippen LogP contribution in [0.25, 0.3) is 22.3 Å². The summed E-state index contributed by atoms with van der Waals surface area (Å²) in [6, 6.07) is 21.0. The molecule has 0 saturated carbocycles. The number of rotatable bonds is 3. The van der Waals surface area contributed by atoms with Crippen molar-refractivity contribution in [1.82, 2.24) is 0 Å². The van der Waals surface area contributed by atoms with E-state index in [9.17, 15) is 5.11 Å². The van der Waals surface area contributed by atoms with Crippen molar-refractivity contribution in [2.45, 2.75) is 25.6 Å². The van der Waals surface area contributed by atoms with Gasteiger partial charge < -0.3 is 9.84 Å². The van der Waals surface area contributed by atoms with Crippen molar-refractivity contribution in [3.8, 4) is 22.3 Å². The van der Waals surface area contributed by atoms with E-state index in [1.54, 1.807) is 0 Å². The van der Waals surface area contributed by atoms with E-state index in [1.165, 1.54) is 29.4 Å². The Bertz CT molecular complexity index is 991.